The number of hydrogen-bond acceptors (Lipinski definition) is 9. The van der Waals surface area contributed by atoms with Crippen LogP contribution in [0.2, 0.25) is 0 Å². The SMILES string of the molecule is Cc1cc([C@H](C)Nc2ccc(F)nc2-c2ccc3c(c2)C=NOB3O)c2oc(N3CCOCC3)c(C)c(=O)c2c1. The first kappa shape index (κ1) is 26.0. The van der Waals surface area contributed by atoms with Crippen molar-refractivity contribution in [1.82, 2.24) is 4.98 Å². The van der Waals surface area contributed by atoms with Crippen molar-refractivity contribution in [2.45, 2.75) is 26.8 Å². The second-order valence-corrected chi connectivity index (χ2v) is 10.1. The summed E-state index contributed by atoms with van der Waals surface area (Å²) in [7, 11) is -1.16. The first-order valence-corrected chi connectivity index (χ1v) is 13.2. The van der Waals surface area contributed by atoms with Gasteiger partial charge in [-0.25, -0.2) is 4.98 Å². The van der Waals surface area contributed by atoms with E-state index in [0.29, 0.717) is 76.7 Å². The normalized spacial score (nSPS) is 15.6. The second-order valence-electron chi connectivity index (χ2n) is 10.1. The van der Waals surface area contributed by atoms with E-state index in [9.17, 15) is 14.2 Å². The minimum atomic E-state index is -1.16. The summed E-state index contributed by atoms with van der Waals surface area (Å²) in [6, 6.07) is 11.7. The van der Waals surface area contributed by atoms with Crippen LogP contribution in [0.1, 0.15) is 35.2 Å². The van der Waals surface area contributed by atoms with Crippen LogP contribution >= 0.6 is 0 Å². The number of nitrogens with zero attached hydrogens (tertiary/aromatic N) is 3. The predicted molar refractivity (Wildman–Crippen MR) is 153 cm³/mol. The molecule has 4 aromatic rings. The van der Waals surface area contributed by atoms with Crippen LogP contribution in [0.25, 0.3) is 22.2 Å². The summed E-state index contributed by atoms with van der Waals surface area (Å²) >= 11 is 0. The molecule has 0 spiro atoms. The Morgan fingerprint density at radius 1 is 1.12 bits per heavy atom. The quantitative estimate of drug-likeness (QED) is 0.291. The molecule has 2 N–H and O–H groups in total. The van der Waals surface area contributed by atoms with Gasteiger partial charge < -0.3 is 29.1 Å². The van der Waals surface area contributed by atoms with Crippen LogP contribution in [0.5, 0.6) is 0 Å². The molecule has 6 rings (SSSR count). The molecule has 9 nitrogen and oxygen atoms in total. The number of benzene rings is 2. The summed E-state index contributed by atoms with van der Waals surface area (Å²) in [5, 5.41) is 17.8. The van der Waals surface area contributed by atoms with E-state index in [1.165, 1.54) is 12.3 Å². The lowest BCUT2D eigenvalue weighted by atomic mass is 9.75. The number of morpholine rings is 1. The lowest BCUT2D eigenvalue weighted by Crippen LogP contribution is -2.37. The molecular weight excluding hydrogens is 514 g/mol. The van der Waals surface area contributed by atoms with Gasteiger partial charge in [0.15, 0.2) is 5.43 Å². The van der Waals surface area contributed by atoms with E-state index in [1.54, 1.807) is 31.2 Å². The number of nitrogens with one attached hydrogen (secondary N) is 1. The lowest BCUT2D eigenvalue weighted by molar-refractivity contribution is 0.120. The van der Waals surface area contributed by atoms with Crippen LogP contribution in [0, 0.1) is 19.8 Å². The number of anilines is 2. The number of pyridine rings is 1. The molecular formula is C29H28BFN4O5. The van der Waals surface area contributed by atoms with Crippen molar-refractivity contribution in [3.63, 3.8) is 0 Å². The topological polar surface area (TPSA) is 109 Å². The summed E-state index contributed by atoms with van der Waals surface area (Å²) in [6.45, 7) is 8.13. The Hall–Kier alpha value is -4.22. The van der Waals surface area contributed by atoms with Crippen molar-refractivity contribution in [2.24, 2.45) is 5.16 Å². The van der Waals surface area contributed by atoms with E-state index in [4.69, 9.17) is 13.9 Å². The largest absolute Gasteiger partial charge is 0.583 e. The van der Waals surface area contributed by atoms with Gasteiger partial charge in [-0.05, 0) is 56.2 Å². The maximum atomic E-state index is 14.4. The van der Waals surface area contributed by atoms with E-state index in [1.807, 2.05) is 30.9 Å². The molecule has 0 radical (unpaired) electrons. The molecule has 2 aliphatic heterocycles. The van der Waals surface area contributed by atoms with Gasteiger partial charge >= 0.3 is 7.12 Å². The highest BCUT2D eigenvalue weighted by Gasteiger charge is 2.26. The van der Waals surface area contributed by atoms with Gasteiger partial charge in [0.2, 0.25) is 11.8 Å². The van der Waals surface area contributed by atoms with Gasteiger partial charge in [0.05, 0.1) is 47.8 Å². The van der Waals surface area contributed by atoms with Crippen molar-refractivity contribution in [3.05, 3.63) is 80.9 Å². The van der Waals surface area contributed by atoms with Crippen LogP contribution in [0.15, 0.2) is 56.8 Å². The zero-order valence-corrected chi connectivity index (χ0v) is 22.4. The average molecular weight is 542 g/mol. The Morgan fingerprint density at radius 3 is 2.73 bits per heavy atom. The number of fused-ring (bicyclic) bond motifs is 2. The number of oxime groups is 1. The molecule has 2 aliphatic rings. The predicted octanol–water partition coefficient (Wildman–Crippen LogP) is 3.67. The number of rotatable bonds is 5. The molecule has 11 heteroatoms. The van der Waals surface area contributed by atoms with Crippen molar-refractivity contribution in [1.29, 1.82) is 0 Å². The molecule has 40 heavy (non-hydrogen) atoms. The van der Waals surface area contributed by atoms with Gasteiger partial charge in [0.25, 0.3) is 0 Å². The Kier molecular flexibility index (Phi) is 6.77. The molecule has 2 aromatic carbocycles. The van der Waals surface area contributed by atoms with Crippen LogP contribution in [0.4, 0.5) is 16.0 Å². The van der Waals surface area contributed by atoms with Gasteiger partial charge in [0, 0.05) is 29.7 Å². The molecule has 204 valence electrons. The highest BCUT2D eigenvalue weighted by molar-refractivity contribution is 6.62. The monoisotopic (exact) mass is 542 g/mol. The summed E-state index contributed by atoms with van der Waals surface area (Å²) in [5.74, 6) is -0.0651. The number of aromatic nitrogens is 1. The maximum absolute atomic E-state index is 14.4. The van der Waals surface area contributed by atoms with Gasteiger partial charge in [-0.2, -0.15) is 4.39 Å². The average Bonchev–Trinajstić information content (AvgIpc) is 2.96. The van der Waals surface area contributed by atoms with Gasteiger partial charge in [-0.1, -0.05) is 18.2 Å². The minimum Gasteiger partial charge on any atom is -0.440 e. The molecule has 2 aromatic heterocycles. The van der Waals surface area contributed by atoms with Crippen molar-refractivity contribution < 1.29 is 23.3 Å². The molecule has 0 unspecified atom stereocenters. The van der Waals surface area contributed by atoms with Crippen LogP contribution in [-0.2, 0) is 9.49 Å². The van der Waals surface area contributed by atoms with Gasteiger partial charge in [-0.15, -0.1) is 5.16 Å². The van der Waals surface area contributed by atoms with E-state index < -0.39 is 13.1 Å². The smallest absolute Gasteiger partial charge is 0.440 e. The third-order valence-corrected chi connectivity index (χ3v) is 7.34. The first-order chi connectivity index (χ1) is 19.3. The summed E-state index contributed by atoms with van der Waals surface area (Å²) < 4.78 is 31.2. The molecule has 4 heterocycles. The first-order valence-electron chi connectivity index (χ1n) is 13.2. The maximum Gasteiger partial charge on any atom is 0.583 e. The van der Waals surface area contributed by atoms with Crippen LogP contribution < -0.4 is 21.1 Å². The van der Waals surface area contributed by atoms with Gasteiger partial charge in [0.1, 0.15) is 5.58 Å². The zero-order valence-electron chi connectivity index (χ0n) is 22.4. The third-order valence-electron chi connectivity index (χ3n) is 7.34. The lowest BCUT2D eigenvalue weighted by Gasteiger charge is -2.29. The fourth-order valence-corrected chi connectivity index (χ4v) is 5.29. The van der Waals surface area contributed by atoms with Crippen molar-refractivity contribution in [3.8, 4) is 11.3 Å². The zero-order chi connectivity index (χ0) is 28.0. The minimum absolute atomic E-state index is 0.0640. The Labute approximate surface area is 230 Å². The number of aryl methyl sites for hydroxylation is 1. The Morgan fingerprint density at radius 2 is 1.93 bits per heavy atom. The molecule has 1 fully saturated rings. The molecule has 1 saturated heterocycles. The molecule has 1 atom stereocenters. The fourth-order valence-electron chi connectivity index (χ4n) is 5.29. The number of ether oxygens (including phenoxy) is 1. The number of hydrogen-bond donors (Lipinski definition) is 2. The third kappa shape index (κ3) is 4.71. The van der Waals surface area contributed by atoms with E-state index >= 15 is 0 Å². The summed E-state index contributed by atoms with van der Waals surface area (Å²) in [4.78, 5) is 19.7. The standard InChI is InChI=1S/C29H28BFN4O5/c1-16-12-21(28-22(13-16)27(36)17(2)29(39-28)35-8-10-38-11-9-35)18(3)33-24-6-7-25(31)34-26(24)19-4-5-23-20(14-19)15-32-40-30(23)37/h4-7,12-15,18,33,37H,8-11H2,1-3H3/t18-/m0/s1. The molecule has 0 aliphatic carbocycles. The van der Waals surface area contributed by atoms with Crippen LogP contribution in [0.3, 0.4) is 0 Å². The molecule has 0 bridgehead atoms. The van der Waals surface area contributed by atoms with E-state index in [-0.39, 0.29) is 11.5 Å². The highest BCUT2D eigenvalue weighted by Crippen LogP contribution is 2.34. The summed E-state index contributed by atoms with van der Waals surface area (Å²) in [5.41, 5.74) is 5.59. The van der Waals surface area contributed by atoms with E-state index in [2.05, 4.69) is 15.5 Å². The fraction of sp³-hybridized carbons (Fsp3) is 0.276. The second kappa shape index (κ2) is 10.4. The Bertz CT molecular complexity index is 1700. The van der Waals surface area contributed by atoms with E-state index in [0.717, 1.165) is 11.1 Å². The summed E-state index contributed by atoms with van der Waals surface area (Å²) in [6.07, 6.45) is 1.50. The van der Waals surface area contributed by atoms with Crippen molar-refractivity contribution >= 4 is 41.3 Å². The molecule has 0 saturated carbocycles. The Balaban J connectivity index is 1.42. The van der Waals surface area contributed by atoms with Crippen molar-refractivity contribution in [2.75, 3.05) is 36.5 Å². The van der Waals surface area contributed by atoms with Crippen LogP contribution in [-0.4, -0.2) is 49.6 Å². The molecule has 0 amide bonds. The number of halogens is 1. The van der Waals surface area contributed by atoms with Gasteiger partial charge in [-0.3, -0.25) is 4.79 Å². The highest BCUT2D eigenvalue weighted by atomic mass is 19.1.